The minimum atomic E-state index is -0.0732. The molecule has 1 aliphatic carbocycles. The molecular formula is C13H22BrN3O. The van der Waals surface area contributed by atoms with Gasteiger partial charge in [0.2, 0.25) is 0 Å². The van der Waals surface area contributed by atoms with Crippen molar-refractivity contribution in [2.24, 2.45) is 0 Å². The third-order valence-electron chi connectivity index (χ3n) is 3.95. The van der Waals surface area contributed by atoms with E-state index in [1.807, 2.05) is 11.6 Å². The van der Waals surface area contributed by atoms with Crippen LogP contribution in [0.4, 0.5) is 0 Å². The number of hydrogen-bond acceptors (Lipinski definition) is 3. The molecule has 5 heteroatoms. The molecule has 18 heavy (non-hydrogen) atoms. The molecule has 102 valence electrons. The number of nitrogens with one attached hydrogen (secondary N) is 1. The fraction of sp³-hybridized carbons (Fsp3) is 0.769. The fourth-order valence-corrected chi connectivity index (χ4v) is 3.18. The van der Waals surface area contributed by atoms with E-state index in [2.05, 4.69) is 33.3 Å². The zero-order valence-electron chi connectivity index (χ0n) is 11.2. The average molecular weight is 316 g/mol. The third-order valence-corrected chi connectivity index (χ3v) is 4.98. The molecule has 1 saturated carbocycles. The van der Waals surface area contributed by atoms with Crippen LogP contribution in [0.1, 0.15) is 44.0 Å². The number of hydrogen-bond donors (Lipinski definition) is 2. The van der Waals surface area contributed by atoms with Gasteiger partial charge in [-0.3, -0.25) is 4.68 Å². The third kappa shape index (κ3) is 2.63. The molecule has 0 spiro atoms. The van der Waals surface area contributed by atoms with Gasteiger partial charge in [-0.25, -0.2) is 0 Å². The summed E-state index contributed by atoms with van der Waals surface area (Å²) in [5.41, 5.74) is 2.13. The molecule has 0 aliphatic heterocycles. The van der Waals surface area contributed by atoms with Crippen LogP contribution >= 0.6 is 15.9 Å². The van der Waals surface area contributed by atoms with E-state index in [9.17, 15) is 5.11 Å². The summed E-state index contributed by atoms with van der Waals surface area (Å²) in [5.74, 6) is 0. The minimum Gasteiger partial charge on any atom is -0.394 e. The molecule has 0 bridgehead atoms. The maximum absolute atomic E-state index is 9.60. The van der Waals surface area contributed by atoms with Gasteiger partial charge in [0.1, 0.15) is 0 Å². The van der Waals surface area contributed by atoms with Gasteiger partial charge in [-0.1, -0.05) is 12.8 Å². The first-order valence-electron chi connectivity index (χ1n) is 6.69. The van der Waals surface area contributed by atoms with Crippen molar-refractivity contribution in [3.63, 3.8) is 0 Å². The van der Waals surface area contributed by atoms with Crippen molar-refractivity contribution in [1.82, 2.24) is 15.1 Å². The Morgan fingerprint density at radius 3 is 2.67 bits per heavy atom. The Kier molecular flexibility index (Phi) is 4.45. The largest absolute Gasteiger partial charge is 0.394 e. The van der Waals surface area contributed by atoms with Gasteiger partial charge in [-0.15, -0.1) is 0 Å². The minimum absolute atomic E-state index is 0.0732. The second kappa shape index (κ2) is 5.72. The zero-order chi connectivity index (χ0) is 13.2. The normalized spacial score (nSPS) is 18.4. The highest BCUT2D eigenvalue weighted by atomic mass is 79.9. The molecule has 0 unspecified atom stereocenters. The lowest BCUT2D eigenvalue weighted by Gasteiger charge is -2.28. The van der Waals surface area contributed by atoms with Crippen molar-refractivity contribution >= 4 is 15.9 Å². The molecule has 1 heterocycles. The molecule has 1 aromatic heterocycles. The molecule has 0 amide bonds. The molecule has 2 N–H and O–H groups in total. The van der Waals surface area contributed by atoms with E-state index in [0.717, 1.165) is 36.1 Å². The monoisotopic (exact) mass is 315 g/mol. The number of halogens is 1. The first kappa shape index (κ1) is 14.0. The Balaban J connectivity index is 2.09. The van der Waals surface area contributed by atoms with Crippen LogP contribution < -0.4 is 5.32 Å². The molecule has 0 saturated heterocycles. The molecular weight excluding hydrogens is 294 g/mol. The molecule has 0 aromatic carbocycles. The van der Waals surface area contributed by atoms with Crippen LogP contribution in [0.2, 0.25) is 0 Å². The van der Waals surface area contributed by atoms with Crippen LogP contribution in [0.3, 0.4) is 0 Å². The smallest absolute Gasteiger partial charge is 0.0739 e. The summed E-state index contributed by atoms with van der Waals surface area (Å²) in [6.45, 7) is 5.96. The predicted octanol–water partition coefficient (Wildman–Crippen LogP) is 2.37. The quantitative estimate of drug-likeness (QED) is 0.877. The number of aryl methyl sites for hydroxylation is 2. The van der Waals surface area contributed by atoms with Gasteiger partial charge < -0.3 is 10.4 Å². The summed E-state index contributed by atoms with van der Waals surface area (Å²) in [4.78, 5) is 0. The Labute approximate surface area is 117 Å². The highest BCUT2D eigenvalue weighted by Crippen LogP contribution is 2.30. The molecule has 1 aliphatic rings. The van der Waals surface area contributed by atoms with Crippen LogP contribution in [0, 0.1) is 6.92 Å². The summed E-state index contributed by atoms with van der Waals surface area (Å²) in [6.07, 6.45) is 4.56. The Bertz CT molecular complexity index is 411. The zero-order valence-corrected chi connectivity index (χ0v) is 12.8. The van der Waals surface area contributed by atoms with Crippen molar-refractivity contribution < 1.29 is 5.11 Å². The number of nitrogens with zero attached hydrogens (tertiary/aromatic N) is 2. The Morgan fingerprint density at radius 2 is 2.11 bits per heavy atom. The summed E-state index contributed by atoms with van der Waals surface area (Å²) >= 11 is 3.61. The first-order chi connectivity index (χ1) is 8.62. The molecule has 2 rings (SSSR count). The number of aromatic nitrogens is 2. The predicted molar refractivity (Wildman–Crippen MR) is 75.5 cm³/mol. The van der Waals surface area contributed by atoms with E-state index in [4.69, 9.17) is 0 Å². The van der Waals surface area contributed by atoms with Gasteiger partial charge in [-0.05, 0) is 42.6 Å². The Hall–Kier alpha value is -0.390. The lowest BCUT2D eigenvalue weighted by molar-refractivity contribution is 0.162. The second-order valence-electron chi connectivity index (χ2n) is 5.16. The van der Waals surface area contributed by atoms with Crippen molar-refractivity contribution in [3.05, 3.63) is 15.9 Å². The molecule has 1 aromatic rings. The highest BCUT2D eigenvalue weighted by Gasteiger charge is 2.32. The Morgan fingerprint density at radius 1 is 1.44 bits per heavy atom. The van der Waals surface area contributed by atoms with Crippen molar-refractivity contribution in [3.8, 4) is 0 Å². The first-order valence-corrected chi connectivity index (χ1v) is 7.49. The number of aliphatic hydroxyl groups excluding tert-OH is 1. The van der Waals surface area contributed by atoms with E-state index < -0.39 is 0 Å². The van der Waals surface area contributed by atoms with Gasteiger partial charge in [-0.2, -0.15) is 5.10 Å². The lowest BCUT2D eigenvalue weighted by atomic mass is 9.99. The SMILES string of the molecule is CCn1nc(C)c(Br)c1CNC1(CO)CCCC1. The van der Waals surface area contributed by atoms with E-state index in [1.54, 1.807) is 0 Å². The van der Waals surface area contributed by atoms with Crippen molar-refractivity contribution in [2.75, 3.05) is 6.61 Å². The van der Waals surface area contributed by atoms with Gasteiger partial charge in [0.15, 0.2) is 0 Å². The van der Waals surface area contributed by atoms with E-state index in [-0.39, 0.29) is 12.1 Å². The average Bonchev–Trinajstić information content (AvgIpc) is 2.95. The summed E-state index contributed by atoms with van der Waals surface area (Å²) in [7, 11) is 0. The second-order valence-corrected chi connectivity index (χ2v) is 5.95. The maximum Gasteiger partial charge on any atom is 0.0739 e. The van der Waals surface area contributed by atoms with Gasteiger partial charge in [0.25, 0.3) is 0 Å². The molecule has 4 nitrogen and oxygen atoms in total. The number of aliphatic hydroxyl groups is 1. The molecule has 1 fully saturated rings. The standard InChI is InChI=1S/C13H22BrN3O/c1-3-17-11(12(14)10(2)16-17)8-15-13(9-18)6-4-5-7-13/h15,18H,3-9H2,1-2H3. The highest BCUT2D eigenvalue weighted by molar-refractivity contribution is 9.10. The van der Waals surface area contributed by atoms with Crippen LogP contribution in [0.5, 0.6) is 0 Å². The van der Waals surface area contributed by atoms with Crippen LogP contribution in [-0.2, 0) is 13.1 Å². The summed E-state index contributed by atoms with van der Waals surface area (Å²) < 4.78 is 3.11. The van der Waals surface area contributed by atoms with E-state index in [0.29, 0.717) is 0 Å². The molecule has 0 atom stereocenters. The lowest BCUT2D eigenvalue weighted by Crippen LogP contribution is -2.45. The maximum atomic E-state index is 9.60. The van der Waals surface area contributed by atoms with E-state index >= 15 is 0 Å². The van der Waals surface area contributed by atoms with Crippen LogP contribution in [0.15, 0.2) is 4.47 Å². The van der Waals surface area contributed by atoms with Gasteiger partial charge >= 0.3 is 0 Å². The summed E-state index contributed by atoms with van der Waals surface area (Å²) in [5, 5.41) is 17.6. The number of rotatable bonds is 5. The van der Waals surface area contributed by atoms with Crippen LogP contribution in [0.25, 0.3) is 0 Å². The molecule has 0 radical (unpaired) electrons. The van der Waals surface area contributed by atoms with Gasteiger partial charge in [0.05, 0.1) is 22.5 Å². The fourth-order valence-electron chi connectivity index (χ4n) is 2.75. The van der Waals surface area contributed by atoms with Gasteiger partial charge in [0, 0.05) is 18.6 Å². The van der Waals surface area contributed by atoms with E-state index in [1.165, 1.54) is 18.5 Å². The van der Waals surface area contributed by atoms with Crippen LogP contribution in [-0.4, -0.2) is 27.0 Å². The topological polar surface area (TPSA) is 50.1 Å². The van der Waals surface area contributed by atoms with Crippen molar-refractivity contribution in [2.45, 2.75) is 58.2 Å². The summed E-state index contributed by atoms with van der Waals surface area (Å²) in [6, 6.07) is 0. The van der Waals surface area contributed by atoms with Crippen molar-refractivity contribution in [1.29, 1.82) is 0 Å².